The van der Waals surface area contributed by atoms with E-state index in [-0.39, 0.29) is 0 Å². The van der Waals surface area contributed by atoms with Crippen LogP contribution in [0, 0.1) is 34.8 Å². The molecule has 0 aliphatic heterocycles. The Morgan fingerprint density at radius 1 is 0.500 bits per heavy atom. The Kier molecular flexibility index (Phi) is 5.13. The molecule has 0 aliphatic rings. The predicted molar refractivity (Wildman–Crippen MR) is 168 cm³/mol. The molecule has 2 aromatic heterocycles. The van der Waals surface area contributed by atoms with Gasteiger partial charge in [0, 0.05) is 27.5 Å². The molecule has 42 heavy (non-hydrogen) atoms. The highest BCUT2D eigenvalue weighted by Gasteiger charge is 2.16. The molecule has 0 saturated heterocycles. The third-order valence-electron chi connectivity index (χ3n) is 7.96. The number of benzene rings is 5. The molecule has 0 N–H and O–H groups in total. The van der Waals surface area contributed by atoms with Gasteiger partial charge in [-0.3, -0.25) is 0 Å². The number of aromatic nitrogens is 2. The minimum Gasteiger partial charge on any atom is -0.309 e. The first kappa shape index (κ1) is 23.6. The molecule has 0 fully saturated rings. The molecular formula is C38H20N4. The van der Waals surface area contributed by atoms with Crippen LogP contribution in [0.3, 0.4) is 0 Å². The van der Waals surface area contributed by atoms with Crippen LogP contribution in [0.15, 0.2) is 121 Å². The predicted octanol–water partition coefficient (Wildman–Crippen LogP) is 8.89. The first-order valence-corrected chi connectivity index (χ1v) is 13.6. The fourth-order valence-corrected chi connectivity index (χ4v) is 6.21. The molecule has 0 amide bonds. The summed E-state index contributed by atoms with van der Waals surface area (Å²) < 4.78 is 4.38. The van der Waals surface area contributed by atoms with Crippen LogP contribution in [0.1, 0.15) is 11.1 Å². The molecule has 192 valence electrons. The molecule has 0 bridgehead atoms. The van der Waals surface area contributed by atoms with Crippen LogP contribution in [-0.2, 0) is 0 Å². The summed E-state index contributed by atoms with van der Waals surface area (Å²) in [6.45, 7) is 0. The summed E-state index contributed by atoms with van der Waals surface area (Å²) in [7, 11) is 0. The SMILES string of the molecule is N#Cc1cc(-c2cc(C#N)cc(-n3c4ccccc4c4ccccc43)c2)cc(-n2c3ccc#cc3c3ccccc32)c1. The van der Waals surface area contributed by atoms with Crippen molar-refractivity contribution in [3.63, 3.8) is 0 Å². The summed E-state index contributed by atoms with van der Waals surface area (Å²) in [6.07, 6.45) is 0. The van der Waals surface area contributed by atoms with Crippen molar-refractivity contribution in [3.8, 4) is 34.6 Å². The van der Waals surface area contributed by atoms with E-state index >= 15 is 0 Å². The van der Waals surface area contributed by atoms with Crippen molar-refractivity contribution in [2.24, 2.45) is 0 Å². The number of hydrogen-bond donors (Lipinski definition) is 0. The van der Waals surface area contributed by atoms with Gasteiger partial charge in [0.1, 0.15) is 0 Å². The van der Waals surface area contributed by atoms with Crippen LogP contribution in [0.5, 0.6) is 0 Å². The fourth-order valence-electron chi connectivity index (χ4n) is 6.21. The lowest BCUT2D eigenvalue weighted by Crippen LogP contribution is -1.98. The molecule has 8 rings (SSSR count). The third kappa shape index (κ3) is 3.49. The highest BCUT2D eigenvalue weighted by atomic mass is 15.0. The lowest BCUT2D eigenvalue weighted by Gasteiger charge is -2.14. The van der Waals surface area contributed by atoms with Crippen molar-refractivity contribution in [3.05, 3.63) is 145 Å². The highest BCUT2D eigenvalue weighted by molar-refractivity contribution is 6.10. The number of rotatable bonds is 3. The Hall–Kier alpha value is -6.28. The maximum absolute atomic E-state index is 10.1. The molecule has 2 heterocycles. The van der Waals surface area contributed by atoms with Gasteiger partial charge in [-0.15, -0.1) is 0 Å². The molecule has 0 atom stereocenters. The summed E-state index contributed by atoms with van der Waals surface area (Å²) in [5.41, 5.74) is 8.76. The molecule has 4 nitrogen and oxygen atoms in total. The van der Waals surface area contributed by atoms with Crippen LogP contribution >= 0.6 is 0 Å². The number of para-hydroxylation sites is 3. The molecule has 0 radical (unpaired) electrons. The van der Waals surface area contributed by atoms with E-state index in [1.165, 1.54) is 0 Å². The number of nitriles is 2. The summed E-state index contributed by atoms with van der Waals surface area (Å²) in [4.78, 5) is 0. The molecule has 0 saturated carbocycles. The first-order valence-electron chi connectivity index (χ1n) is 13.6. The van der Waals surface area contributed by atoms with Gasteiger partial charge < -0.3 is 9.13 Å². The van der Waals surface area contributed by atoms with E-state index in [4.69, 9.17) is 0 Å². The van der Waals surface area contributed by atoms with Crippen LogP contribution in [0.25, 0.3) is 66.1 Å². The highest BCUT2D eigenvalue weighted by Crippen LogP contribution is 2.36. The topological polar surface area (TPSA) is 57.4 Å². The maximum atomic E-state index is 10.1. The maximum Gasteiger partial charge on any atom is 0.0992 e. The second-order valence-electron chi connectivity index (χ2n) is 10.3. The lowest BCUT2D eigenvalue weighted by molar-refractivity contribution is 1.17. The third-order valence-corrected chi connectivity index (χ3v) is 7.96. The van der Waals surface area contributed by atoms with E-state index in [0.717, 1.165) is 66.1 Å². The van der Waals surface area contributed by atoms with Crippen molar-refractivity contribution in [2.45, 2.75) is 0 Å². The molecule has 0 unspecified atom stereocenters. The van der Waals surface area contributed by atoms with Crippen LogP contribution in [0.2, 0.25) is 0 Å². The Balaban J connectivity index is 1.39. The smallest absolute Gasteiger partial charge is 0.0992 e. The van der Waals surface area contributed by atoms with E-state index < -0.39 is 0 Å². The summed E-state index contributed by atoms with van der Waals surface area (Å²) in [5.74, 6) is 0. The van der Waals surface area contributed by atoms with Crippen LogP contribution in [-0.4, -0.2) is 9.13 Å². The monoisotopic (exact) mass is 532 g/mol. The molecule has 0 aliphatic carbocycles. The second-order valence-corrected chi connectivity index (χ2v) is 10.3. The molecule has 0 spiro atoms. The Labute approximate surface area is 242 Å². The van der Waals surface area contributed by atoms with Gasteiger partial charge in [-0.2, -0.15) is 10.5 Å². The van der Waals surface area contributed by atoms with E-state index in [2.05, 4.69) is 94.1 Å². The zero-order valence-electron chi connectivity index (χ0n) is 22.3. The number of hydrogen-bond acceptors (Lipinski definition) is 2. The van der Waals surface area contributed by atoms with Crippen molar-refractivity contribution >= 4 is 43.6 Å². The van der Waals surface area contributed by atoms with Crippen molar-refractivity contribution in [2.75, 3.05) is 0 Å². The van der Waals surface area contributed by atoms with E-state index in [0.29, 0.717) is 11.1 Å². The quantitative estimate of drug-likeness (QED) is 0.228. The molecule has 6 aromatic carbocycles. The number of fused-ring (bicyclic) bond motifs is 6. The van der Waals surface area contributed by atoms with Crippen molar-refractivity contribution in [1.82, 2.24) is 9.13 Å². The van der Waals surface area contributed by atoms with Crippen LogP contribution in [0.4, 0.5) is 0 Å². The molecular weight excluding hydrogens is 512 g/mol. The van der Waals surface area contributed by atoms with Gasteiger partial charge in [-0.05, 0) is 77.9 Å². The van der Waals surface area contributed by atoms with Crippen LogP contribution < -0.4 is 0 Å². The van der Waals surface area contributed by atoms with E-state index in [1.807, 2.05) is 60.7 Å². The van der Waals surface area contributed by atoms with Gasteiger partial charge in [-0.25, -0.2) is 0 Å². The zero-order chi connectivity index (χ0) is 28.2. The Bertz CT molecular complexity index is 2160. The van der Waals surface area contributed by atoms with Gasteiger partial charge >= 0.3 is 0 Å². The number of nitrogens with zero attached hydrogens (tertiary/aromatic N) is 4. The minimum atomic E-state index is 0.542. The summed E-state index contributed by atoms with van der Waals surface area (Å²) in [6, 6.07) is 51.7. The average molecular weight is 533 g/mol. The normalized spacial score (nSPS) is 11.1. The van der Waals surface area contributed by atoms with Gasteiger partial charge in [0.05, 0.1) is 50.7 Å². The van der Waals surface area contributed by atoms with Gasteiger partial charge in [0.15, 0.2) is 0 Å². The zero-order valence-corrected chi connectivity index (χ0v) is 22.3. The van der Waals surface area contributed by atoms with Gasteiger partial charge in [0.2, 0.25) is 0 Å². The lowest BCUT2D eigenvalue weighted by atomic mass is 9.99. The average Bonchev–Trinajstić information content (AvgIpc) is 3.57. The van der Waals surface area contributed by atoms with Gasteiger partial charge in [-0.1, -0.05) is 66.7 Å². The summed E-state index contributed by atoms with van der Waals surface area (Å²) in [5, 5.41) is 24.5. The molecule has 8 aromatic rings. The standard InChI is InChI=1S/C38H20N4/c39-23-25-17-27(21-29(19-25)41-35-13-5-1-9-31(35)32-10-2-6-14-36(32)41)28-18-26(24-40)20-30(22-28)42-37-15-7-3-11-33(37)34-12-4-8-16-38(34)42/h1-3,5-11,13-22H. The Morgan fingerprint density at radius 3 is 1.52 bits per heavy atom. The Morgan fingerprint density at radius 2 is 0.976 bits per heavy atom. The summed E-state index contributed by atoms with van der Waals surface area (Å²) >= 11 is 0. The first-order chi connectivity index (χ1) is 20.7. The van der Waals surface area contributed by atoms with E-state index in [9.17, 15) is 10.5 Å². The van der Waals surface area contributed by atoms with Gasteiger partial charge in [0.25, 0.3) is 0 Å². The fraction of sp³-hybridized carbons (Fsp3) is 0. The minimum absolute atomic E-state index is 0.542. The second kappa shape index (κ2) is 9.14. The molecule has 4 heteroatoms. The largest absolute Gasteiger partial charge is 0.309 e. The van der Waals surface area contributed by atoms with Crippen molar-refractivity contribution < 1.29 is 0 Å². The van der Waals surface area contributed by atoms with Crippen molar-refractivity contribution in [1.29, 1.82) is 10.5 Å². The van der Waals surface area contributed by atoms with E-state index in [1.54, 1.807) is 0 Å².